The number of likely N-dealkylation sites (tertiary alicyclic amines) is 1. The van der Waals surface area contributed by atoms with E-state index < -0.39 is 0 Å². The molecule has 4 nitrogen and oxygen atoms in total. The van der Waals surface area contributed by atoms with Gasteiger partial charge in [0.25, 0.3) is 0 Å². The predicted octanol–water partition coefficient (Wildman–Crippen LogP) is 1.97. The summed E-state index contributed by atoms with van der Waals surface area (Å²) in [7, 11) is 0. The van der Waals surface area contributed by atoms with Gasteiger partial charge in [-0.15, -0.1) is 10.2 Å². The number of aromatic nitrogens is 2. The van der Waals surface area contributed by atoms with Gasteiger partial charge in [-0.05, 0) is 39.8 Å². The first-order valence-corrected chi connectivity index (χ1v) is 5.71. The molecule has 0 saturated carbocycles. The Morgan fingerprint density at radius 2 is 1.93 bits per heavy atom. The fourth-order valence-corrected chi connectivity index (χ4v) is 2.14. The van der Waals surface area contributed by atoms with Crippen molar-refractivity contribution in [3.63, 3.8) is 0 Å². The molecule has 0 aliphatic carbocycles. The molecule has 1 aromatic rings. The molecular formula is C11H19N3O. The summed E-state index contributed by atoms with van der Waals surface area (Å²) < 4.78 is 5.48. The monoisotopic (exact) mass is 209 g/mol. The molecule has 1 fully saturated rings. The van der Waals surface area contributed by atoms with Crippen LogP contribution < -0.4 is 0 Å². The SMILES string of the molecule is Cc1nnc(C2CCN(C(C)C)CC2)o1. The van der Waals surface area contributed by atoms with Crippen LogP contribution in [0.15, 0.2) is 4.42 Å². The summed E-state index contributed by atoms with van der Waals surface area (Å²) in [5.41, 5.74) is 0. The average Bonchev–Trinajstić information content (AvgIpc) is 2.65. The van der Waals surface area contributed by atoms with Crippen LogP contribution in [0.25, 0.3) is 0 Å². The number of piperidine rings is 1. The minimum atomic E-state index is 0.473. The summed E-state index contributed by atoms with van der Waals surface area (Å²) >= 11 is 0. The molecule has 1 saturated heterocycles. The lowest BCUT2D eigenvalue weighted by Crippen LogP contribution is -2.37. The van der Waals surface area contributed by atoms with Crippen LogP contribution in [0, 0.1) is 6.92 Å². The molecule has 0 aromatic carbocycles. The Morgan fingerprint density at radius 1 is 1.27 bits per heavy atom. The van der Waals surface area contributed by atoms with E-state index in [1.54, 1.807) is 0 Å². The molecule has 0 spiro atoms. The summed E-state index contributed by atoms with van der Waals surface area (Å²) in [6.07, 6.45) is 2.28. The van der Waals surface area contributed by atoms with Gasteiger partial charge in [0.05, 0.1) is 0 Å². The first-order chi connectivity index (χ1) is 7.16. The second kappa shape index (κ2) is 4.31. The quantitative estimate of drug-likeness (QED) is 0.746. The van der Waals surface area contributed by atoms with Crippen LogP contribution in [0.1, 0.15) is 44.4 Å². The zero-order chi connectivity index (χ0) is 10.8. The van der Waals surface area contributed by atoms with Gasteiger partial charge in [-0.1, -0.05) is 0 Å². The minimum Gasteiger partial charge on any atom is -0.425 e. The molecule has 2 heterocycles. The Kier molecular flexibility index (Phi) is 3.05. The molecule has 0 N–H and O–H groups in total. The van der Waals surface area contributed by atoms with E-state index in [1.807, 2.05) is 6.92 Å². The lowest BCUT2D eigenvalue weighted by atomic mass is 9.96. The lowest BCUT2D eigenvalue weighted by Gasteiger charge is -2.33. The van der Waals surface area contributed by atoms with Crippen LogP contribution in [-0.2, 0) is 0 Å². The Hall–Kier alpha value is -0.900. The van der Waals surface area contributed by atoms with Crippen molar-refractivity contribution in [3.05, 3.63) is 11.8 Å². The highest BCUT2D eigenvalue weighted by Crippen LogP contribution is 2.27. The van der Waals surface area contributed by atoms with Gasteiger partial charge in [0.2, 0.25) is 11.8 Å². The minimum absolute atomic E-state index is 0.473. The second-order valence-corrected chi connectivity index (χ2v) is 4.56. The Labute approximate surface area is 90.7 Å². The van der Waals surface area contributed by atoms with Crippen LogP contribution in [0.4, 0.5) is 0 Å². The third-order valence-corrected chi connectivity index (χ3v) is 3.15. The number of hydrogen-bond acceptors (Lipinski definition) is 4. The van der Waals surface area contributed by atoms with Gasteiger partial charge in [-0.3, -0.25) is 0 Å². The molecule has 0 amide bonds. The standard InChI is InChI=1S/C11H19N3O/c1-8(2)14-6-4-10(5-7-14)11-13-12-9(3)15-11/h8,10H,4-7H2,1-3H3. The van der Waals surface area contributed by atoms with Crippen molar-refractivity contribution in [2.24, 2.45) is 0 Å². The van der Waals surface area contributed by atoms with Crippen LogP contribution in [0.2, 0.25) is 0 Å². The number of aryl methyl sites for hydroxylation is 1. The van der Waals surface area contributed by atoms with Crippen LogP contribution in [-0.4, -0.2) is 34.2 Å². The first-order valence-electron chi connectivity index (χ1n) is 5.71. The summed E-state index contributed by atoms with van der Waals surface area (Å²) in [5, 5.41) is 7.99. The van der Waals surface area contributed by atoms with Crippen LogP contribution in [0.5, 0.6) is 0 Å². The fraction of sp³-hybridized carbons (Fsp3) is 0.818. The second-order valence-electron chi connectivity index (χ2n) is 4.56. The van der Waals surface area contributed by atoms with Crippen molar-refractivity contribution < 1.29 is 4.42 Å². The maximum Gasteiger partial charge on any atom is 0.219 e. The molecule has 1 aromatic heterocycles. The molecule has 0 bridgehead atoms. The molecule has 15 heavy (non-hydrogen) atoms. The van der Waals surface area contributed by atoms with E-state index in [-0.39, 0.29) is 0 Å². The molecule has 1 aliphatic rings. The van der Waals surface area contributed by atoms with Gasteiger partial charge < -0.3 is 9.32 Å². The first kappa shape index (κ1) is 10.6. The van der Waals surface area contributed by atoms with E-state index in [0.29, 0.717) is 17.9 Å². The topological polar surface area (TPSA) is 42.2 Å². The Balaban J connectivity index is 1.93. The zero-order valence-corrected chi connectivity index (χ0v) is 9.73. The average molecular weight is 209 g/mol. The Bertz CT molecular complexity index is 313. The third-order valence-electron chi connectivity index (χ3n) is 3.15. The molecule has 84 valence electrons. The van der Waals surface area contributed by atoms with Crippen molar-refractivity contribution in [1.82, 2.24) is 15.1 Å². The van der Waals surface area contributed by atoms with E-state index in [0.717, 1.165) is 31.8 Å². The maximum atomic E-state index is 5.48. The highest BCUT2D eigenvalue weighted by atomic mass is 16.4. The molecule has 4 heteroatoms. The van der Waals surface area contributed by atoms with Crippen molar-refractivity contribution in [2.45, 2.75) is 45.6 Å². The van der Waals surface area contributed by atoms with Crippen LogP contribution >= 0.6 is 0 Å². The molecule has 1 aliphatic heterocycles. The van der Waals surface area contributed by atoms with E-state index >= 15 is 0 Å². The van der Waals surface area contributed by atoms with Crippen molar-refractivity contribution >= 4 is 0 Å². The molecule has 0 radical (unpaired) electrons. The molecule has 0 atom stereocenters. The molecular weight excluding hydrogens is 190 g/mol. The van der Waals surface area contributed by atoms with E-state index in [9.17, 15) is 0 Å². The van der Waals surface area contributed by atoms with Crippen molar-refractivity contribution in [2.75, 3.05) is 13.1 Å². The maximum absolute atomic E-state index is 5.48. The largest absolute Gasteiger partial charge is 0.425 e. The summed E-state index contributed by atoms with van der Waals surface area (Å²) in [4.78, 5) is 2.50. The van der Waals surface area contributed by atoms with Crippen LogP contribution in [0.3, 0.4) is 0 Å². The zero-order valence-electron chi connectivity index (χ0n) is 9.73. The van der Waals surface area contributed by atoms with Gasteiger partial charge in [0.15, 0.2) is 0 Å². The number of hydrogen-bond donors (Lipinski definition) is 0. The normalized spacial score (nSPS) is 20.0. The number of rotatable bonds is 2. The van der Waals surface area contributed by atoms with Crippen molar-refractivity contribution in [3.8, 4) is 0 Å². The molecule has 0 unspecified atom stereocenters. The summed E-state index contributed by atoms with van der Waals surface area (Å²) in [6, 6.07) is 0.648. The Morgan fingerprint density at radius 3 is 2.40 bits per heavy atom. The predicted molar refractivity (Wildman–Crippen MR) is 57.7 cm³/mol. The van der Waals surface area contributed by atoms with E-state index in [4.69, 9.17) is 4.42 Å². The fourth-order valence-electron chi connectivity index (χ4n) is 2.14. The van der Waals surface area contributed by atoms with E-state index in [2.05, 4.69) is 28.9 Å². The smallest absolute Gasteiger partial charge is 0.219 e. The van der Waals surface area contributed by atoms with Gasteiger partial charge >= 0.3 is 0 Å². The van der Waals surface area contributed by atoms with Crippen molar-refractivity contribution in [1.29, 1.82) is 0 Å². The lowest BCUT2D eigenvalue weighted by molar-refractivity contribution is 0.162. The highest BCUT2D eigenvalue weighted by molar-refractivity contribution is 4.94. The van der Waals surface area contributed by atoms with Gasteiger partial charge in [-0.2, -0.15) is 0 Å². The summed E-state index contributed by atoms with van der Waals surface area (Å²) in [6.45, 7) is 8.63. The van der Waals surface area contributed by atoms with Gasteiger partial charge in [-0.25, -0.2) is 0 Å². The number of nitrogens with zero attached hydrogens (tertiary/aromatic N) is 3. The third kappa shape index (κ3) is 2.37. The molecule has 2 rings (SSSR count). The van der Waals surface area contributed by atoms with Gasteiger partial charge in [0, 0.05) is 18.9 Å². The highest BCUT2D eigenvalue weighted by Gasteiger charge is 2.25. The van der Waals surface area contributed by atoms with Gasteiger partial charge in [0.1, 0.15) is 0 Å². The van der Waals surface area contributed by atoms with E-state index in [1.165, 1.54) is 0 Å². The summed E-state index contributed by atoms with van der Waals surface area (Å²) in [5.74, 6) is 1.98.